The van der Waals surface area contributed by atoms with Crippen molar-refractivity contribution in [3.63, 3.8) is 0 Å². The molecule has 3 heterocycles. The molecule has 3 rings (SSSR count). The maximum atomic E-state index is 12.3. The van der Waals surface area contributed by atoms with E-state index in [2.05, 4.69) is 15.2 Å². The first kappa shape index (κ1) is 23.4. The number of aryl methyl sites for hydroxylation is 1. The molecule has 0 atom stereocenters. The van der Waals surface area contributed by atoms with Gasteiger partial charge in [0.2, 0.25) is 0 Å². The summed E-state index contributed by atoms with van der Waals surface area (Å²) in [5, 5.41) is 5.43. The quantitative estimate of drug-likeness (QED) is 0.683. The summed E-state index contributed by atoms with van der Waals surface area (Å²) in [5.74, 6) is 0. The number of ether oxygens (including phenoxy) is 2. The number of nitrogens with zero attached hydrogens (tertiary/aromatic N) is 2. The molecule has 9 heteroatoms. The number of alkyl carbamates (subject to hydrolysis) is 2. The van der Waals surface area contributed by atoms with Crippen molar-refractivity contribution in [2.24, 2.45) is 7.05 Å². The van der Waals surface area contributed by atoms with Gasteiger partial charge < -0.3 is 29.2 Å². The van der Waals surface area contributed by atoms with E-state index in [4.69, 9.17) is 9.47 Å². The third-order valence-corrected chi connectivity index (χ3v) is 5.28. The zero-order valence-corrected chi connectivity index (χ0v) is 19.4. The first-order valence-corrected chi connectivity index (χ1v) is 10.9. The van der Waals surface area contributed by atoms with Gasteiger partial charge in [-0.1, -0.05) is 0 Å². The van der Waals surface area contributed by atoms with Crippen LogP contribution in [0.2, 0.25) is 0 Å². The average molecular weight is 445 g/mol. The van der Waals surface area contributed by atoms with Gasteiger partial charge in [-0.3, -0.25) is 4.79 Å². The Morgan fingerprint density at radius 1 is 1.03 bits per heavy atom. The highest BCUT2D eigenvalue weighted by Crippen LogP contribution is 2.36. The van der Waals surface area contributed by atoms with E-state index in [0.29, 0.717) is 0 Å². The van der Waals surface area contributed by atoms with E-state index in [9.17, 15) is 14.4 Å². The maximum absolute atomic E-state index is 12.3. The molecule has 32 heavy (non-hydrogen) atoms. The van der Waals surface area contributed by atoms with Crippen LogP contribution in [0.4, 0.5) is 9.59 Å². The predicted molar refractivity (Wildman–Crippen MR) is 120 cm³/mol. The molecule has 0 saturated heterocycles. The lowest BCUT2D eigenvalue weighted by Crippen LogP contribution is -2.31. The van der Waals surface area contributed by atoms with Gasteiger partial charge in [0.05, 0.1) is 5.69 Å². The number of hydrogen-bond acceptors (Lipinski definition) is 5. The van der Waals surface area contributed by atoms with Crippen LogP contribution in [0.15, 0.2) is 23.1 Å². The van der Waals surface area contributed by atoms with Gasteiger partial charge in [0.15, 0.2) is 0 Å². The van der Waals surface area contributed by atoms with Gasteiger partial charge in [-0.25, -0.2) is 9.59 Å². The van der Waals surface area contributed by atoms with Gasteiger partial charge in [-0.05, 0) is 46.6 Å². The van der Waals surface area contributed by atoms with Crippen LogP contribution in [0, 0.1) is 0 Å². The summed E-state index contributed by atoms with van der Waals surface area (Å²) in [6.45, 7) is 8.27. The van der Waals surface area contributed by atoms with E-state index in [-0.39, 0.29) is 30.9 Å². The second kappa shape index (κ2) is 9.93. The molecule has 1 aliphatic rings. The molecule has 0 spiro atoms. The Labute approximate surface area is 187 Å². The summed E-state index contributed by atoms with van der Waals surface area (Å²) < 4.78 is 14.6. The molecule has 0 radical (unpaired) electrons. The molecule has 174 valence electrons. The standard InChI is InChI=1S/C23H32N4O5/c1-14(2)24-22(29)31-12-17-18(13-32-23(30)25-15(3)4)21(27-9-6-7-19(17)27)16-8-10-26(5)20(28)11-16/h8,10-11,14-15H,6-7,9,12-13H2,1-5H3,(H,24,29)(H,25,30). The Morgan fingerprint density at radius 3 is 2.19 bits per heavy atom. The summed E-state index contributed by atoms with van der Waals surface area (Å²) >= 11 is 0. The van der Waals surface area contributed by atoms with E-state index < -0.39 is 12.2 Å². The Kier molecular flexibility index (Phi) is 7.27. The molecule has 0 bridgehead atoms. The summed E-state index contributed by atoms with van der Waals surface area (Å²) in [4.78, 5) is 36.6. The number of carbonyl (C=O) groups excluding carboxylic acids is 2. The van der Waals surface area contributed by atoms with Crippen LogP contribution in [-0.4, -0.2) is 33.4 Å². The van der Waals surface area contributed by atoms with E-state index in [1.165, 1.54) is 4.57 Å². The molecule has 2 aromatic rings. The van der Waals surface area contributed by atoms with Gasteiger partial charge in [0.1, 0.15) is 13.2 Å². The van der Waals surface area contributed by atoms with E-state index in [1.54, 1.807) is 19.3 Å². The van der Waals surface area contributed by atoms with Crippen LogP contribution in [-0.2, 0) is 42.7 Å². The van der Waals surface area contributed by atoms with E-state index in [1.807, 2.05) is 33.8 Å². The molecular weight excluding hydrogens is 412 g/mol. The minimum absolute atomic E-state index is 0.00753. The lowest BCUT2D eigenvalue weighted by atomic mass is 10.0. The summed E-state index contributed by atoms with van der Waals surface area (Å²) in [6.07, 6.45) is 2.46. The fraction of sp³-hybridized carbons (Fsp3) is 0.522. The number of carbonyl (C=O) groups is 2. The van der Waals surface area contributed by atoms with Crippen molar-refractivity contribution < 1.29 is 19.1 Å². The summed E-state index contributed by atoms with van der Waals surface area (Å²) in [7, 11) is 1.70. The highest BCUT2D eigenvalue weighted by molar-refractivity contribution is 5.71. The average Bonchev–Trinajstić information content (AvgIpc) is 3.26. The van der Waals surface area contributed by atoms with Crippen molar-refractivity contribution in [3.05, 3.63) is 45.5 Å². The van der Waals surface area contributed by atoms with Crippen molar-refractivity contribution >= 4 is 12.2 Å². The normalized spacial score (nSPS) is 12.7. The molecule has 0 fully saturated rings. The number of rotatable bonds is 7. The number of nitrogens with one attached hydrogen (secondary N) is 2. The Morgan fingerprint density at radius 2 is 1.62 bits per heavy atom. The third kappa shape index (κ3) is 5.33. The van der Waals surface area contributed by atoms with Gasteiger partial charge in [0.25, 0.3) is 5.56 Å². The molecule has 2 N–H and O–H groups in total. The van der Waals surface area contributed by atoms with Crippen LogP contribution in [0.1, 0.15) is 50.9 Å². The lowest BCUT2D eigenvalue weighted by Gasteiger charge is -2.14. The molecule has 9 nitrogen and oxygen atoms in total. The smallest absolute Gasteiger partial charge is 0.407 e. The number of fused-ring (bicyclic) bond motifs is 1. The monoisotopic (exact) mass is 444 g/mol. The first-order valence-electron chi connectivity index (χ1n) is 10.9. The zero-order chi connectivity index (χ0) is 23.4. The topological polar surface area (TPSA) is 104 Å². The SMILES string of the molecule is CC(C)NC(=O)OCc1c(COC(=O)NC(C)C)c(-c2ccn(C)c(=O)c2)n2c1CCC2. The van der Waals surface area contributed by atoms with E-state index in [0.717, 1.165) is 47.5 Å². The van der Waals surface area contributed by atoms with Crippen molar-refractivity contribution in [3.8, 4) is 11.3 Å². The van der Waals surface area contributed by atoms with Crippen LogP contribution in [0.3, 0.4) is 0 Å². The number of hydrogen-bond donors (Lipinski definition) is 2. The first-order chi connectivity index (χ1) is 15.2. The molecule has 2 amide bonds. The molecule has 2 aromatic heterocycles. The van der Waals surface area contributed by atoms with Crippen LogP contribution in [0.5, 0.6) is 0 Å². The van der Waals surface area contributed by atoms with Gasteiger partial charge in [0, 0.05) is 60.3 Å². The molecule has 1 aliphatic heterocycles. The second-order valence-corrected chi connectivity index (χ2v) is 8.62. The lowest BCUT2D eigenvalue weighted by molar-refractivity contribution is 0.129. The fourth-order valence-corrected chi connectivity index (χ4v) is 3.90. The van der Waals surface area contributed by atoms with Crippen molar-refractivity contribution in [2.45, 2.75) is 72.4 Å². The van der Waals surface area contributed by atoms with Crippen LogP contribution in [0.25, 0.3) is 11.3 Å². The highest BCUT2D eigenvalue weighted by atomic mass is 16.6. The summed E-state index contributed by atoms with van der Waals surface area (Å²) in [5.41, 5.74) is 4.07. The molecule has 0 aromatic carbocycles. The Balaban J connectivity index is 2.00. The minimum atomic E-state index is -0.522. The van der Waals surface area contributed by atoms with Crippen LogP contribution < -0.4 is 16.2 Å². The molecule has 0 saturated carbocycles. The zero-order valence-electron chi connectivity index (χ0n) is 19.4. The minimum Gasteiger partial charge on any atom is -0.445 e. The number of amides is 2. The van der Waals surface area contributed by atoms with Crippen LogP contribution >= 0.6 is 0 Å². The third-order valence-electron chi connectivity index (χ3n) is 5.28. The summed E-state index contributed by atoms with van der Waals surface area (Å²) in [6, 6.07) is 3.35. The number of pyridine rings is 1. The van der Waals surface area contributed by atoms with Crippen molar-refractivity contribution in [1.82, 2.24) is 19.8 Å². The Hall–Kier alpha value is -3.23. The van der Waals surface area contributed by atoms with Gasteiger partial charge in [-0.2, -0.15) is 0 Å². The molecule has 0 aliphatic carbocycles. The van der Waals surface area contributed by atoms with Crippen molar-refractivity contribution in [1.29, 1.82) is 0 Å². The highest BCUT2D eigenvalue weighted by Gasteiger charge is 2.28. The number of aromatic nitrogens is 2. The second-order valence-electron chi connectivity index (χ2n) is 8.62. The largest absolute Gasteiger partial charge is 0.445 e. The van der Waals surface area contributed by atoms with Crippen molar-refractivity contribution in [2.75, 3.05) is 0 Å². The molecular formula is C23H32N4O5. The van der Waals surface area contributed by atoms with Gasteiger partial charge in [-0.15, -0.1) is 0 Å². The van der Waals surface area contributed by atoms with Gasteiger partial charge >= 0.3 is 12.2 Å². The fourth-order valence-electron chi connectivity index (χ4n) is 3.90. The van der Waals surface area contributed by atoms with E-state index >= 15 is 0 Å². The Bertz CT molecular complexity index is 1050. The molecule has 0 unspecified atom stereocenters. The predicted octanol–water partition coefficient (Wildman–Crippen LogP) is 3.07. The maximum Gasteiger partial charge on any atom is 0.407 e.